The summed E-state index contributed by atoms with van der Waals surface area (Å²) >= 11 is 0. The van der Waals surface area contributed by atoms with Gasteiger partial charge in [-0.1, -0.05) is 6.42 Å². The molecule has 0 spiro atoms. The molecule has 0 bridgehead atoms. The highest BCUT2D eigenvalue weighted by Crippen LogP contribution is 2.39. The van der Waals surface area contributed by atoms with Crippen molar-refractivity contribution in [1.82, 2.24) is 5.32 Å². The van der Waals surface area contributed by atoms with E-state index in [1.54, 1.807) is 0 Å². The Morgan fingerprint density at radius 1 is 1.33 bits per heavy atom. The average Bonchev–Trinajstić information content (AvgIpc) is 2.96. The summed E-state index contributed by atoms with van der Waals surface area (Å²) in [5, 5.41) is 13.7. The number of hydrogen-bond donors (Lipinski definition) is 3. The highest BCUT2D eigenvalue weighted by Gasteiger charge is 2.40. The zero-order chi connectivity index (χ0) is 10.9. The molecule has 0 aromatic heterocycles. The summed E-state index contributed by atoms with van der Waals surface area (Å²) in [7, 11) is 0. The summed E-state index contributed by atoms with van der Waals surface area (Å²) in [5.41, 5.74) is 5.23. The lowest BCUT2D eigenvalue weighted by Gasteiger charge is -2.28. The summed E-state index contributed by atoms with van der Waals surface area (Å²) in [5.74, 6) is 1.16. The van der Waals surface area contributed by atoms with Gasteiger partial charge in [-0.05, 0) is 51.0 Å². The molecule has 2 aliphatic rings. The second kappa shape index (κ2) is 4.40. The third-order valence-corrected chi connectivity index (χ3v) is 4.14. The summed E-state index contributed by atoms with van der Waals surface area (Å²) in [6.07, 6.45) is 6.15. The Bertz CT molecular complexity index is 214. The van der Waals surface area contributed by atoms with Gasteiger partial charge in [0.2, 0.25) is 0 Å². The van der Waals surface area contributed by atoms with E-state index in [-0.39, 0.29) is 0 Å². The number of nitrogens with two attached hydrogens (primary N) is 1. The van der Waals surface area contributed by atoms with Crippen molar-refractivity contribution in [2.24, 2.45) is 17.6 Å². The van der Waals surface area contributed by atoms with E-state index in [2.05, 4.69) is 5.32 Å². The van der Waals surface area contributed by atoms with Crippen LogP contribution in [0.15, 0.2) is 0 Å². The molecule has 0 aromatic rings. The molecular weight excluding hydrogens is 188 g/mol. The Hall–Kier alpha value is -0.120. The van der Waals surface area contributed by atoms with E-state index in [4.69, 9.17) is 5.73 Å². The SMILES string of the molecule is CC(O)(CNC1CCCC1CN)C1CC1. The van der Waals surface area contributed by atoms with Gasteiger partial charge in [0.1, 0.15) is 0 Å². The van der Waals surface area contributed by atoms with E-state index in [0.717, 1.165) is 13.1 Å². The molecule has 2 saturated carbocycles. The van der Waals surface area contributed by atoms with Crippen LogP contribution in [0.4, 0.5) is 0 Å². The first-order valence-electron chi connectivity index (χ1n) is 6.29. The summed E-state index contributed by atoms with van der Waals surface area (Å²) in [6, 6.07) is 0.542. The van der Waals surface area contributed by atoms with Gasteiger partial charge in [-0.2, -0.15) is 0 Å². The van der Waals surface area contributed by atoms with Crippen molar-refractivity contribution < 1.29 is 5.11 Å². The molecule has 3 unspecified atom stereocenters. The molecule has 2 rings (SSSR count). The highest BCUT2D eigenvalue weighted by atomic mass is 16.3. The third kappa shape index (κ3) is 2.71. The van der Waals surface area contributed by atoms with Gasteiger partial charge in [-0.15, -0.1) is 0 Å². The lowest BCUT2D eigenvalue weighted by atomic mass is 9.98. The van der Waals surface area contributed by atoms with Gasteiger partial charge < -0.3 is 16.2 Å². The lowest BCUT2D eigenvalue weighted by molar-refractivity contribution is 0.0331. The lowest BCUT2D eigenvalue weighted by Crippen LogP contribution is -2.46. The van der Waals surface area contributed by atoms with E-state index in [0.29, 0.717) is 17.9 Å². The predicted octanol–water partition coefficient (Wildman–Crippen LogP) is 0.864. The minimum Gasteiger partial charge on any atom is -0.389 e. The van der Waals surface area contributed by atoms with Crippen LogP contribution in [-0.4, -0.2) is 29.8 Å². The van der Waals surface area contributed by atoms with E-state index in [1.807, 2.05) is 6.92 Å². The first-order chi connectivity index (χ1) is 7.13. The maximum absolute atomic E-state index is 10.2. The molecule has 4 N–H and O–H groups in total. The van der Waals surface area contributed by atoms with Gasteiger partial charge in [0, 0.05) is 12.6 Å². The molecule has 0 radical (unpaired) electrons. The molecule has 3 heteroatoms. The fraction of sp³-hybridized carbons (Fsp3) is 1.00. The van der Waals surface area contributed by atoms with Gasteiger partial charge >= 0.3 is 0 Å². The molecule has 0 heterocycles. The van der Waals surface area contributed by atoms with E-state index in [1.165, 1.54) is 32.1 Å². The van der Waals surface area contributed by atoms with Crippen molar-refractivity contribution in [2.45, 2.75) is 50.7 Å². The zero-order valence-electron chi connectivity index (χ0n) is 9.71. The standard InChI is InChI=1S/C12H24N2O/c1-12(15,10-5-6-10)8-14-11-4-2-3-9(11)7-13/h9-11,14-15H,2-8,13H2,1H3. The summed E-state index contributed by atoms with van der Waals surface area (Å²) in [6.45, 7) is 3.48. The smallest absolute Gasteiger partial charge is 0.0771 e. The van der Waals surface area contributed by atoms with Crippen LogP contribution in [0.25, 0.3) is 0 Å². The minimum atomic E-state index is -0.498. The molecule has 2 aliphatic carbocycles. The Labute approximate surface area is 92.4 Å². The van der Waals surface area contributed by atoms with Crippen molar-refractivity contribution in [3.8, 4) is 0 Å². The molecule has 15 heavy (non-hydrogen) atoms. The number of hydrogen-bond acceptors (Lipinski definition) is 3. The van der Waals surface area contributed by atoms with Crippen molar-refractivity contribution >= 4 is 0 Å². The number of aliphatic hydroxyl groups is 1. The molecular formula is C12H24N2O. The molecule has 2 fully saturated rings. The molecule has 3 nitrogen and oxygen atoms in total. The van der Waals surface area contributed by atoms with E-state index in [9.17, 15) is 5.11 Å². The normalized spacial score (nSPS) is 35.4. The van der Waals surface area contributed by atoms with Gasteiger partial charge in [0.25, 0.3) is 0 Å². The van der Waals surface area contributed by atoms with Crippen LogP contribution < -0.4 is 11.1 Å². The molecule has 3 atom stereocenters. The van der Waals surface area contributed by atoms with Gasteiger partial charge in [0.15, 0.2) is 0 Å². The zero-order valence-corrected chi connectivity index (χ0v) is 9.71. The summed E-state index contributed by atoms with van der Waals surface area (Å²) in [4.78, 5) is 0. The van der Waals surface area contributed by atoms with Crippen molar-refractivity contribution in [2.75, 3.05) is 13.1 Å². The molecule has 0 aromatic carbocycles. The topological polar surface area (TPSA) is 58.3 Å². The Kier molecular flexibility index (Phi) is 3.33. The Morgan fingerprint density at radius 3 is 2.67 bits per heavy atom. The van der Waals surface area contributed by atoms with Crippen LogP contribution in [0.3, 0.4) is 0 Å². The van der Waals surface area contributed by atoms with Crippen molar-refractivity contribution in [3.63, 3.8) is 0 Å². The second-order valence-electron chi connectivity index (χ2n) is 5.55. The van der Waals surface area contributed by atoms with Gasteiger partial charge in [-0.3, -0.25) is 0 Å². The number of nitrogens with one attached hydrogen (secondary N) is 1. The molecule has 88 valence electrons. The van der Waals surface area contributed by atoms with E-state index >= 15 is 0 Å². The van der Waals surface area contributed by atoms with Gasteiger partial charge in [0.05, 0.1) is 5.60 Å². The first kappa shape index (κ1) is 11.4. The van der Waals surface area contributed by atoms with Crippen molar-refractivity contribution in [1.29, 1.82) is 0 Å². The second-order valence-corrected chi connectivity index (χ2v) is 5.55. The fourth-order valence-electron chi connectivity index (χ4n) is 2.77. The van der Waals surface area contributed by atoms with Crippen LogP contribution in [0.1, 0.15) is 39.0 Å². The monoisotopic (exact) mass is 212 g/mol. The largest absolute Gasteiger partial charge is 0.389 e. The third-order valence-electron chi connectivity index (χ3n) is 4.14. The summed E-state index contributed by atoms with van der Waals surface area (Å²) < 4.78 is 0. The molecule has 0 amide bonds. The predicted molar refractivity (Wildman–Crippen MR) is 61.5 cm³/mol. The van der Waals surface area contributed by atoms with Crippen LogP contribution in [0.2, 0.25) is 0 Å². The van der Waals surface area contributed by atoms with Crippen LogP contribution in [-0.2, 0) is 0 Å². The van der Waals surface area contributed by atoms with Crippen LogP contribution in [0.5, 0.6) is 0 Å². The molecule has 0 aliphatic heterocycles. The average molecular weight is 212 g/mol. The fourth-order valence-corrected chi connectivity index (χ4v) is 2.77. The van der Waals surface area contributed by atoms with Gasteiger partial charge in [-0.25, -0.2) is 0 Å². The van der Waals surface area contributed by atoms with E-state index < -0.39 is 5.60 Å². The van der Waals surface area contributed by atoms with Crippen LogP contribution in [0, 0.1) is 11.8 Å². The van der Waals surface area contributed by atoms with Crippen molar-refractivity contribution in [3.05, 3.63) is 0 Å². The first-order valence-corrected chi connectivity index (χ1v) is 6.29. The Morgan fingerprint density at radius 2 is 2.07 bits per heavy atom. The minimum absolute atomic E-state index is 0.498. The highest BCUT2D eigenvalue weighted by molar-refractivity contribution is 4.94. The molecule has 0 saturated heterocycles. The maximum atomic E-state index is 10.2. The number of rotatable bonds is 5. The maximum Gasteiger partial charge on any atom is 0.0771 e. The van der Waals surface area contributed by atoms with Crippen LogP contribution >= 0.6 is 0 Å². The quantitative estimate of drug-likeness (QED) is 0.633. The Balaban J connectivity index is 1.76.